The molecular weight excluding hydrogens is 558 g/mol. The maximum atomic E-state index is 4.65. The van der Waals surface area contributed by atoms with Crippen LogP contribution in [0.5, 0.6) is 0 Å². The van der Waals surface area contributed by atoms with Crippen LogP contribution in [0, 0.1) is 0 Å². The summed E-state index contributed by atoms with van der Waals surface area (Å²) in [6.07, 6.45) is 6.79. The van der Waals surface area contributed by atoms with Crippen LogP contribution >= 0.6 is 0 Å². The van der Waals surface area contributed by atoms with E-state index in [4.69, 9.17) is 0 Å². The first-order valence-electron chi connectivity index (χ1n) is 15.8. The molecule has 46 heavy (non-hydrogen) atoms. The lowest BCUT2D eigenvalue weighted by Crippen LogP contribution is -2.18. The van der Waals surface area contributed by atoms with Crippen LogP contribution in [0.25, 0.3) is 60.6 Å². The van der Waals surface area contributed by atoms with Gasteiger partial charge in [-0.25, -0.2) is 0 Å². The standard InChI is InChI=1S/C43H31N3/c1-30-29-32(46-38-23-10-6-19-34(38)35-20-7-11-24-39(35)46)17-14-28-44(37-22-9-5-18-33(30)37)41-26-13-27-42-43(41)36-21-8-12-25-40(36)45(42)31-15-3-2-4-16-31/h2-27,29H,1,28H2/b17-14-,32-29+. The zero-order valence-electron chi connectivity index (χ0n) is 25.3. The van der Waals surface area contributed by atoms with E-state index in [9.17, 15) is 0 Å². The number of fused-ring (bicyclic) bond motifs is 7. The fourth-order valence-corrected chi connectivity index (χ4v) is 7.31. The van der Waals surface area contributed by atoms with Crippen molar-refractivity contribution in [3.8, 4) is 5.69 Å². The summed E-state index contributed by atoms with van der Waals surface area (Å²) in [6.45, 7) is 5.35. The molecule has 0 saturated heterocycles. The van der Waals surface area contributed by atoms with Gasteiger partial charge in [0.15, 0.2) is 0 Å². The lowest BCUT2D eigenvalue weighted by Gasteiger charge is -2.27. The van der Waals surface area contributed by atoms with Crippen LogP contribution in [0.1, 0.15) is 5.56 Å². The predicted molar refractivity (Wildman–Crippen MR) is 196 cm³/mol. The van der Waals surface area contributed by atoms with E-state index >= 15 is 0 Å². The highest BCUT2D eigenvalue weighted by atomic mass is 15.1. The summed E-state index contributed by atoms with van der Waals surface area (Å²) < 4.78 is 4.76. The third-order valence-corrected chi connectivity index (χ3v) is 9.26. The van der Waals surface area contributed by atoms with Crippen molar-refractivity contribution < 1.29 is 0 Å². The van der Waals surface area contributed by atoms with E-state index in [2.05, 4.69) is 184 Å². The van der Waals surface area contributed by atoms with E-state index in [0.29, 0.717) is 6.54 Å². The minimum Gasteiger partial charge on any atom is -0.337 e. The lowest BCUT2D eigenvalue weighted by molar-refractivity contribution is 1.10. The summed E-state index contributed by atoms with van der Waals surface area (Å²) in [6, 6.07) is 52.1. The second kappa shape index (κ2) is 10.5. The summed E-state index contributed by atoms with van der Waals surface area (Å²) in [4.78, 5) is 2.45. The average Bonchev–Trinajstić information content (AvgIpc) is 3.65. The molecule has 1 aliphatic heterocycles. The first-order chi connectivity index (χ1) is 22.8. The zero-order chi connectivity index (χ0) is 30.6. The molecule has 218 valence electrons. The first-order valence-corrected chi connectivity index (χ1v) is 15.8. The first kappa shape index (κ1) is 26.4. The van der Waals surface area contributed by atoms with E-state index in [-0.39, 0.29) is 0 Å². The Morgan fingerprint density at radius 2 is 1.04 bits per heavy atom. The molecule has 0 aliphatic carbocycles. The SMILES string of the molecule is C=C1/C=C(n2c3ccccc3c3ccccc32)\C=C/CN(c2cccc3c2c2ccccc2n3-c2ccccc2)c2ccccc21. The number of para-hydroxylation sites is 5. The topological polar surface area (TPSA) is 13.1 Å². The highest BCUT2D eigenvalue weighted by molar-refractivity contribution is 6.16. The smallest absolute Gasteiger partial charge is 0.0562 e. The van der Waals surface area contributed by atoms with Gasteiger partial charge in [-0.3, -0.25) is 0 Å². The average molecular weight is 590 g/mol. The van der Waals surface area contributed by atoms with Gasteiger partial charge in [0.05, 0.1) is 27.8 Å². The van der Waals surface area contributed by atoms with Crippen LogP contribution < -0.4 is 4.90 Å². The molecule has 8 aromatic rings. The minimum absolute atomic E-state index is 0.697. The molecule has 0 bridgehead atoms. The Labute approximate surface area is 267 Å². The molecule has 6 aromatic carbocycles. The Balaban J connectivity index is 1.27. The van der Waals surface area contributed by atoms with Crippen LogP contribution in [0.2, 0.25) is 0 Å². The molecular formula is C43H31N3. The molecule has 0 fully saturated rings. The number of rotatable bonds is 3. The van der Waals surface area contributed by atoms with Crippen molar-refractivity contribution in [2.24, 2.45) is 0 Å². The Morgan fingerprint density at radius 1 is 0.478 bits per heavy atom. The van der Waals surface area contributed by atoms with Crippen LogP contribution in [-0.2, 0) is 0 Å². The van der Waals surface area contributed by atoms with E-state index < -0.39 is 0 Å². The number of anilines is 2. The van der Waals surface area contributed by atoms with Gasteiger partial charge in [-0.2, -0.15) is 0 Å². The summed E-state index contributed by atoms with van der Waals surface area (Å²) in [5.74, 6) is 0. The van der Waals surface area contributed by atoms with Crippen LogP contribution in [0.3, 0.4) is 0 Å². The fraction of sp³-hybridized carbons (Fsp3) is 0.0233. The molecule has 3 heteroatoms. The van der Waals surface area contributed by atoms with Crippen LogP contribution in [0.15, 0.2) is 170 Å². The summed E-state index contributed by atoms with van der Waals surface area (Å²) in [7, 11) is 0. The number of benzene rings is 6. The quantitative estimate of drug-likeness (QED) is 0.200. The molecule has 1 aliphatic rings. The number of hydrogen-bond donors (Lipinski definition) is 0. The summed E-state index contributed by atoms with van der Waals surface area (Å²) in [5, 5.41) is 4.98. The molecule has 0 saturated carbocycles. The van der Waals surface area contributed by atoms with Gasteiger partial charge in [-0.05, 0) is 66.3 Å². The fourth-order valence-electron chi connectivity index (χ4n) is 7.31. The van der Waals surface area contributed by atoms with Crippen molar-refractivity contribution in [2.45, 2.75) is 0 Å². The van der Waals surface area contributed by atoms with Gasteiger partial charge in [0, 0.05) is 50.7 Å². The third kappa shape index (κ3) is 3.99. The normalized spacial score (nSPS) is 15.4. The van der Waals surface area contributed by atoms with Gasteiger partial charge in [0.2, 0.25) is 0 Å². The molecule has 2 aromatic heterocycles. The Bertz CT molecular complexity index is 2470. The van der Waals surface area contributed by atoms with Crippen LogP contribution in [0.4, 0.5) is 11.4 Å². The zero-order valence-corrected chi connectivity index (χ0v) is 25.3. The molecule has 3 nitrogen and oxygen atoms in total. The molecule has 0 N–H and O–H groups in total. The molecule has 0 spiro atoms. The van der Waals surface area contributed by atoms with E-state index in [1.807, 2.05) is 0 Å². The third-order valence-electron chi connectivity index (χ3n) is 9.26. The van der Waals surface area contributed by atoms with Crippen molar-refractivity contribution in [3.05, 3.63) is 176 Å². The monoisotopic (exact) mass is 589 g/mol. The highest BCUT2D eigenvalue weighted by Gasteiger charge is 2.22. The number of nitrogens with zero attached hydrogens (tertiary/aromatic N) is 3. The van der Waals surface area contributed by atoms with Crippen LogP contribution in [-0.4, -0.2) is 15.7 Å². The Hall–Kier alpha value is -6.06. The van der Waals surface area contributed by atoms with Crippen molar-refractivity contribution in [1.82, 2.24) is 9.13 Å². The Morgan fingerprint density at radius 3 is 1.78 bits per heavy atom. The van der Waals surface area contributed by atoms with Gasteiger partial charge in [-0.15, -0.1) is 0 Å². The molecule has 3 heterocycles. The van der Waals surface area contributed by atoms with Crippen molar-refractivity contribution >= 4 is 66.3 Å². The van der Waals surface area contributed by atoms with Gasteiger partial charge in [-0.1, -0.05) is 110 Å². The molecule has 0 unspecified atom stereocenters. The molecule has 0 radical (unpaired) electrons. The van der Waals surface area contributed by atoms with Gasteiger partial charge < -0.3 is 14.0 Å². The Kier molecular flexibility index (Phi) is 6.04. The van der Waals surface area contributed by atoms with E-state index in [1.54, 1.807) is 0 Å². The van der Waals surface area contributed by atoms with Crippen molar-refractivity contribution in [2.75, 3.05) is 11.4 Å². The number of hydrogen-bond acceptors (Lipinski definition) is 1. The lowest BCUT2D eigenvalue weighted by atomic mass is 10.0. The number of aromatic nitrogens is 2. The summed E-state index contributed by atoms with van der Waals surface area (Å²) >= 11 is 0. The van der Waals surface area contributed by atoms with Crippen molar-refractivity contribution in [3.63, 3.8) is 0 Å². The second-order valence-electron chi connectivity index (χ2n) is 11.9. The van der Waals surface area contributed by atoms with Crippen molar-refractivity contribution in [1.29, 1.82) is 0 Å². The predicted octanol–water partition coefficient (Wildman–Crippen LogP) is 11.2. The maximum absolute atomic E-state index is 4.65. The molecule has 9 rings (SSSR count). The number of allylic oxidation sites excluding steroid dienone is 4. The van der Waals surface area contributed by atoms with Gasteiger partial charge in [0.1, 0.15) is 0 Å². The van der Waals surface area contributed by atoms with E-state index in [1.165, 1.54) is 49.3 Å². The largest absolute Gasteiger partial charge is 0.337 e. The summed E-state index contributed by atoms with van der Waals surface area (Å²) in [5.41, 5.74) is 11.4. The minimum atomic E-state index is 0.697. The van der Waals surface area contributed by atoms with Gasteiger partial charge in [0.25, 0.3) is 0 Å². The van der Waals surface area contributed by atoms with E-state index in [0.717, 1.165) is 28.2 Å². The second-order valence-corrected chi connectivity index (χ2v) is 11.9. The molecule has 0 amide bonds. The maximum Gasteiger partial charge on any atom is 0.0562 e. The highest BCUT2D eigenvalue weighted by Crippen LogP contribution is 2.43. The molecule has 0 atom stereocenters. The van der Waals surface area contributed by atoms with Gasteiger partial charge >= 0.3 is 0 Å².